The summed E-state index contributed by atoms with van der Waals surface area (Å²) in [5, 5.41) is 3.97. The van der Waals surface area contributed by atoms with E-state index < -0.39 is 0 Å². The third kappa shape index (κ3) is 2.37. The van der Waals surface area contributed by atoms with E-state index in [0.29, 0.717) is 22.5 Å². The number of hydrogen-bond acceptors (Lipinski definition) is 2. The summed E-state index contributed by atoms with van der Waals surface area (Å²) in [7, 11) is 0. The minimum atomic E-state index is 0.0865. The Morgan fingerprint density at radius 3 is 3.05 bits per heavy atom. The van der Waals surface area contributed by atoms with Gasteiger partial charge in [-0.3, -0.25) is 4.79 Å². The van der Waals surface area contributed by atoms with Crippen molar-refractivity contribution in [3.8, 4) is 0 Å². The molecule has 1 N–H and O–H groups in total. The minimum absolute atomic E-state index is 0.0865. The molecule has 102 valence electrons. The third-order valence-electron chi connectivity index (χ3n) is 4.29. The van der Waals surface area contributed by atoms with Gasteiger partial charge in [-0.2, -0.15) is 0 Å². The van der Waals surface area contributed by atoms with Gasteiger partial charge in [0.05, 0.1) is 10.6 Å². The van der Waals surface area contributed by atoms with Gasteiger partial charge in [0, 0.05) is 25.7 Å². The van der Waals surface area contributed by atoms with Crippen LogP contribution < -0.4 is 5.32 Å². The van der Waals surface area contributed by atoms with Gasteiger partial charge in [-0.25, -0.2) is 0 Å². The van der Waals surface area contributed by atoms with Gasteiger partial charge in [-0.1, -0.05) is 17.7 Å². The Morgan fingerprint density at radius 2 is 2.26 bits per heavy atom. The average molecular weight is 279 g/mol. The molecule has 0 bridgehead atoms. The monoisotopic (exact) mass is 278 g/mol. The summed E-state index contributed by atoms with van der Waals surface area (Å²) in [5.74, 6) is 0.699. The van der Waals surface area contributed by atoms with Crippen LogP contribution in [0.5, 0.6) is 0 Å². The van der Waals surface area contributed by atoms with E-state index in [2.05, 4.69) is 5.32 Å². The molecule has 2 aliphatic rings. The van der Waals surface area contributed by atoms with Crippen LogP contribution in [0.25, 0.3) is 0 Å². The standard InChI is InChI=1S/C15H19ClN2O/c1-10-4-5-12(13(16)7-10)15(19)18-6-2-3-11-8-17-9-14(11)18/h4-5,7,11,14,17H,2-3,6,8-9H2,1H3. The van der Waals surface area contributed by atoms with Crippen LogP contribution in [0.2, 0.25) is 5.02 Å². The number of hydrogen-bond donors (Lipinski definition) is 1. The fraction of sp³-hybridized carbons (Fsp3) is 0.533. The highest BCUT2D eigenvalue weighted by Gasteiger charge is 2.37. The maximum absolute atomic E-state index is 12.7. The van der Waals surface area contributed by atoms with Crippen molar-refractivity contribution in [2.75, 3.05) is 19.6 Å². The molecule has 2 saturated heterocycles. The van der Waals surface area contributed by atoms with Crippen LogP contribution in [0, 0.1) is 12.8 Å². The van der Waals surface area contributed by atoms with E-state index in [4.69, 9.17) is 11.6 Å². The van der Waals surface area contributed by atoms with E-state index in [1.54, 1.807) is 0 Å². The van der Waals surface area contributed by atoms with Crippen LogP contribution in [-0.4, -0.2) is 36.5 Å². The van der Waals surface area contributed by atoms with Crippen LogP contribution in [0.4, 0.5) is 0 Å². The highest BCUT2D eigenvalue weighted by Crippen LogP contribution is 2.29. The number of nitrogens with zero attached hydrogens (tertiary/aromatic N) is 1. The smallest absolute Gasteiger partial charge is 0.255 e. The summed E-state index contributed by atoms with van der Waals surface area (Å²) in [5.41, 5.74) is 1.72. The van der Waals surface area contributed by atoms with Crippen LogP contribution in [0.15, 0.2) is 18.2 Å². The van der Waals surface area contributed by atoms with Crippen LogP contribution in [-0.2, 0) is 0 Å². The van der Waals surface area contributed by atoms with Crippen molar-refractivity contribution in [3.63, 3.8) is 0 Å². The molecule has 4 heteroatoms. The Balaban J connectivity index is 1.86. The third-order valence-corrected chi connectivity index (χ3v) is 4.61. The van der Waals surface area contributed by atoms with Gasteiger partial charge >= 0.3 is 0 Å². The highest BCUT2D eigenvalue weighted by molar-refractivity contribution is 6.33. The number of piperidine rings is 1. The van der Waals surface area contributed by atoms with Crippen molar-refractivity contribution < 1.29 is 4.79 Å². The predicted molar refractivity (Wildman–Crippen MR) is 76.6 cm³/mol. The van der Waals surface area contributed by atoms with Crippen molar-refractivity contribution in [3.05, 3.63) is 34.3 Å². The number of benzene rings is 1. The van der Waals surface area contributed by atoms with Gasteiger partial charge in [-0.05, 0) is 43.4 Å². The summed E-state index contributed by atoms with van der Waals surface area (Å²) in [4.78, 5) is 14.7. The molecule has 3 nitrogen and oxygen atoms in total. The van der Waals surface area contributed by atoms with Crippen LogP contribution in [0.1, 0.15) is 28.8 Å². The molecule has 2 aliphatic heterocycles. The summed E-state index contributed by atoms with van der Waals surface area (Å²) in [6.07, 6.45) is 2.32. The lowest BCUT2D eigenvalue weighted by Crippen LogP contribution is -2.48. The molecule has 3 rings (SSSR count). The van der Waals surface area contributed by atoms with E-state index in [0.717, 1.165) is 31.6 Å². The first-order chi connectivity index (χ1) is 9.16. The van der Waals surface area contributed by atoms with Crippen LogP contribution >= 0.6 is 11.6 Å². The van der Waals surface area contributed by atoms with Crippen LogP contribution in [0.3, 0.4) is 0 Å². The zero-order valence-corrected chi connectivity index (χ0v) is 11.9. The molecule has 1 amide bonds. The van der Waals surface area contributed by atoms with Gasteiger partial charge in [-0.15, -0.1) is 0 Å². The van der Waals surface area contributed by atoms with Gasteiger partial charge < -0.3 is 10.2 Å². The van der Waals surface area contributed by atoms with Gasteiger partial charge in [0.15, 0.2) is 0 Å². The number of aryl methyl sites for hydroxylation is 1. The van der Waals surface area contributed by atoms with Crippen molar-refractivity contribution in [1.82, 2.24) is 10.2 Å². The molecular formula is C15H19ClN2O. The molecule has 0 radical (unpaired) electrons. The zero-order chi connectivity index (χ0) is 13.4. The summed E-state index contributed by atoms with van der Waals surface area (Å²) in [6, 6.07) is 6.02. The zero-order valence-electron chi connectivity index (χ0n) is 11.2. The lowest BCUT2D eigenvalue weighted by molar-refractivity contribution is 0.0575. The second-order valence-corrected chi connectivity index (χ2v) is 6.02. The van der Waals surface area contributed by atoms with E-state index in [1.165, 1.54) is 6.42 Å². The quantitative estimate of drug-likeness (QED) is 0.856. The number of carbonyl (C=O) groups is 1. The van der Waals surface area contributed by atoms with Crippen molar-refractivity contribution in [2.45, 2.75) is 25.8 Å². The predicted octanol–water partition coefficient (Wildman–Crippen LogP) is 2.47. The largest absolute Gasteiger partial charge is 0.334 e. The number of nitrogens with one attached hydrogen (secondary N) is 1. The molecule has 19 heavy (non-hydrogen) atoms. The number of rotatable bonds is 1. The average Bonchev–Trinajstić information content (AvgIpc) is 2.86. The highest BCUT2D eigenvalue weighted by atomic mass is 35.5. The maximum Gasteiger partial charge on any atom is 0.255 e. The Morgan fingerprint density at radius 1 is 1.42 bits per heavy atom. The first kappa shape index (κ1) is 12.9. The molecule has 0 aromatic heterocycles. The molecule has 2 fully saturated rings. The fourth-order valence-corrected chi connectivity index (χ4v) is 3.58. The molecule has 2 unspecified atom stereocenters. The lowest BCUT2D eigenvalue weighted by Gasteiger charge is -2.37. The summed E-state index contributed by atoms with van der Waals surface area (Å²) in [6.45, 7) is 4.79. The molecular weight excluding hydrogens is 260 g/mol. The Hall–Kier alpha value is -1.06. The summed E-state index contributed by atoms with van der Waals surface area (Å²) >= 11 is 6.22. The van der Waals surface area contributed by atoms with E-state index in [9.17, 15) is 4.79 Å². The fourth-order valence-electron chi connectivity index (χ4n) is 3.27. The first-order valence-electron chi connectivity index (χ1n) is 6.94. The molecule has 0 aliphatic carbocycles. The lowest BCUT2D eigenvalue weighted by atomic mass is 9.91. The number of carbonyl (C=O) groups excluding carboxylic acids is 1. The van der Waals surface area contributed by atoms with E-state index >= 15 is 0 Å². The number of halogens is 1. The molecule has 0 spiro atoms. The molecule has 2 atom stereocenters. The van der Waals surface area contributed by atoms with Crippen molar-refractivity contribution >= 4 is 17.5 Å². The maximum atomic E-state index is 12.7. The van der Waals surface area contributed by atoms with Gasteiger partial charge in [0.25, 0.3) is 5.91 Å². The first-order valence-corrected chi connectivity index (χ1v) is 7.32. The number of fused-ring (bicyclic) bond motifs is 1. The van der Waals surface area contributed by atoms with Crippen molar-refractivity contribution in [2.24, 2.45) is 5.92 Å². The molecule has 2 heterocycles. The minimum Gasteiger partial charge on any atom is -0.334 e. The van der Waals surface area contributed by atoms with Gasteiger partial charge in [0.2, 0.25) is 0 Å². The molecule has 1 aromatic carbocycles. The normalized spacial score (nSPS) is 26.3. The van der Waals surface area contributed by atoms with E-state index in [1.807, 2.05) is 30.0 Å². The summed E-state index contributed by atoms with van der Waals surface area (Å²) < 4.78 is 0. The number of likely N-dealkylation sites (tertiary alicyclic amines) is 1. The number of amides is 1. The second kappa shape index (κ2) is 5.14. The molecule has 0 saturated carbocycles. The van der Waals surface area contributed by atoms with E-state index in [-0.39, 0.29) is 5.91 Å². The topological polar surface area (TPSA) is 32.3 Å². The van der Waals surface area contributed by atoms with Crippen molar-refractivity contribution in [1.29, 1.82) is 0 Å². The van der Waals surface area contributed by atoms with Gasteiger partial charge in [0.1, 0.15) is 0 Å². The second-order valence-electron chi connectivity index (χ2n) is 5.61. The SMILES string of the molecule is Cc1ccc(C(=O)N2CCCC3CNCC32)c(Cl)c1. The molecule has 1 aromatic rings. The Kier molecular flexibility index (Phi) is 3.50. The Labute approximate surface area is 118 Å². The Bertz CT molecular complexity index is 503.